The van der Waals surface area contributed by atoms with E-state index in [1.165, 1.54) is 4.57 Å². The van der Waals surface area contributed by atoms with Crippen molar-refractivity contribution in [3.8, 4) is 0 Å². The zero-order valence-electron chi connectivity index (χ0n) is 14.0. The second kappa shape index (κ2) is 6.05. The zero-order chi connectivity index (χ0) is 17.5. The summed E-state index contributed by atoms with van der Waals surface area (Å²) < 4.78 is 6.95. The van der Waals surface area contributed by atoms with Crippen molar-refractivity contribution in [2.45, 2.75) is 45.3 Å². The fourth-order valence-electron chi connectivity index (χ4n) is 2.99. The molecule has 0 radical (unpaired) electrons. The molecule has 2 aromatic rings. The number of likely N-dealkylation sites (tertiary alicyclic amines) is 1. The minimum atomic E-state index is -0.566. The number of aromatic nitrogens is 2. The van der Waals surface area contributed by atoms with Crippen LogP contribution in [0.25, 0.3) is 11.0 Å². The van der Waals surface area contributed by atoms with Gasteiger partial charge in [0.25, 0.3) is 0 Å². The summed E-state index contributed by atoms with van der Waals surface area (Å²) in [6, 6.07) is 7.07. The van der Waals surface area contributed by atoms with Crippen molar-refractivity contribution in [2.24, 2.45) is 0 Å². The van der Waals surface area contributed by atoms with Gasteiger partial charge in [-0.05, 0) is 45.7 Å². The van der Waals surface area contributed by atoms with Gasteiger partial charge in [-0.1, -0.05) is 24.4 Å². The number of nitrogens with zero attached hydrogens (tertiary/aromatic N) is 2. The third-order valence-electron chi connectivity index (χ3n) is 3.98. The molecule has 1 saturated heterocycles. The van der Waals surface area contributed by atoms with Crippen LogP contribution < -0.4 is 5.69 Å². The number of imidazole rings is 1. The van der Waals surface area contributed by atoms with E-state index in [2.05, 4.69) is 4.98 Å². The molecule has 1 fully saturated rings. The molecule has 24 heavy (non-hydrogen) atoms. The van der Waals surface area contributed by atoms with E-state index in [-0.39, 0.29) is 17.8 Å². The van der Waals surface area contributed by atoms with Crippen molar-refractivity contribution in [2.75, 3.05) is 6.54 Å². The van der Waals surface area contributed by atoms with Crippen LogP contribution in [0.15, 0.2) is 29.1 Å². The third kappa shape index (κ3) is 3.08. The molecule has 0 aliphatic carbocycles. The topological polar surface area (TPSA) is 67.3 Å². The molecule has 1 aliphatic heterocycles. The van der Waals surface area contributed by atoms with Crippen LogP contribution >= 0.6 is 12.2 Å². The van der Waals surface area contributed by atoms with Crippen LogP contribution in [0.5, 0.6) is 0 Å². The van der Waals surface area contributed by atoms with E-state index < -0.39 is 5.60 Å². The number of H-pyrrole nitrogens is 1. The first-order valence-electron chi connectivity index (χ1n) is 8.01. The number of benzene rings is 1. The standard InChI is InChI=1S/C17H21N3O3S/c1-17(2,3)23-16(22)19-10-6-9-13(19)14(24)20-12-8-5-4-7-11(12)18-15(20)21/h4-5,7-8,13H,6,9-10H2,1-3H3,(H,18,21)/t13-/m1/s1. The van der Waals surface area contributed by atoms with Crippen LogP contribution in [0.3, 0.4) is 0 Å². The molecule has 0 spiro atoms. The average molecular weight is 347 g/mol. The van der Waals surface area contributed by atoms with E-state index >= 15 is 0 Å². The van der Waals surface area contributed by atoms with E-state index in [1.54, 1.807) is 4.90 Å². The quantitative estimate of drug-likeness (QED) is 0.806. The van der Waals surface area contributed by atoms with E-state index in [4.69, 9.17) is 17.0 Å². The summed E-state index contributed by atoms with van der Waals surface area (Å²) in [6.45, 7) is 6.08. The SMILES string of the molecule is CC(C)(C)OC(=O)N1CCC[C@@H]1C(=S)n1c(=O)[nH]c2ccccc21. The first-order chi connectivity index (χ1) is 11.3. The largest absolute Gasteiger partial charge is 0.444 e. The lowest BCUT2D eigenvalue weighted by Gasteiger charge is -2.29. The Morgan fingerprint density at radius 1 is 1.33 bits per heavy atom. The van der Waals surface area contributed by atoms with E-state index in [1.807, 2.05) is 45.0 Å². The van der Waals surface area contributed by atoms with Crippen LogP contribution in [0.4, 0.5) is 4.79 Å². The van der Waals surface area contributed by atoms with Crippen molar-refractivity contribution in [3.63, 3.8) is 0 Å². The highest BCUT2D eigenvalue weighted by molar-refractivity contribution is 7.80. The number of rotatable bonds is 1. The number of nitrogens with one attached hydrogen (secondary N) is 1. The van der Waals surface area contributed by atoms with Gasteiger partial charge in [0, 0.05) is 6.54 Å². The molecule has 7 heteroatoms. The predicted molar refractivity (Wildman–Crippen MR) is 96.5 cm³/mol. The number of hydrogen-bond acceptors (Lipinski definition) is 4. The number of aromatic amines is 1. The number of carbonyl (C=O) groups excluding carboxylic acids is 1. The van der Waals surface area contributed by atoms with E-state index in [9.17, 15) is 9.59 Å². The third-order valence-corrected chi connectivity index (χ3v) is 4.43. The molecule has 1 aromatic heterocycles. The lowest BCUT2D eigenvalue weighted by Crippen LogP contribution is -2.46. The maximum Gasteiger partial charge on any atom is 0.410 e. The molecule has 3 rings (SSSR count). The Hall–Kier alpha value is -2.15. The molecule has 0 bridgehead atoms. The summed E-state index contributed by atoms with van der Waals surface area (Å²) in [6.07, 6.45) is 1.17. The van der Waals surface area contributed by atoms with Crippen LogP contribution in [-0.4, -0.2) is 43.7 Å². The molecular weight excluding hydrogens is 326 g/mol. The second-order valence-electron chi connectivity index (χ2n) is 6.95. The minimum Gasteiger partial charge on any atom is -0.444 e. The Kier molecular flexibility index (Phi) is 4.21. The van der Waals surface area contributed by atoms with Crippen LogP contribution in [0.1, 0.15) is 33.6 Å². The minimum absolute atomic E-state index is 0.280. The Morgan fingerprint density at radius 3 is 2.75 bits per heavy atom. The Bertz CT molecular complexity index is 847. The summed E-state index contributed by atoms with van der Waals surface area (Å²) in [5.41, 5.74) is 0.608. The number of amides is 1. The smallest absolute Gasteiger partial charge is 0.410 e. The van der Waals surface area contributed by atoms with Gasteiger partial charge in [-0.15, -0.1) is 0 Å². The summed E-state index contributed by atoms with van der Waals surface area (Å²) in [4.78, 5) is 29.6. The Labute approximate surface area is 145 Å². The summed E-state index contributed by atoms with van der Waals surface area (Å²) in [7, 11) is 0. The molecule has 0 saturated carbocycles. The van der Waals surface area contributed by atoms with Gasteiger partial charge in [-0.2, -0.15) is 0 Å². The van der Waals surface area contributed by atoms with Gasteiger partial charge in [0.2, 0.25) is 0 Å². The van der Waals surface area contributed by atoms with Crippen molar-refractivity contribution >= 4 is 34.3 Å². The molecule has 6 nitrogen and oxygen atoms in total. The maximum absolute atomic E-state index is 12.4. The Balaban J connectivity index is 1.92. The summed E-state index contributed by atoms with van der Waals surface area (Å²) in [5, 5.41) is 0. The van der Waals surface area contributed by atoms with Gasteiger partial charge in [-0.3, -0.25) is 9.47 Å². The first kappa shape index (κ1) is 16.7. The molecule has 1 N–H and O–H groups in total. The van der Waals surface area contributed by atoms with E-state index in [0.717, 1.165) is 23.9 Å². The highest BCUT2D eigenvalue weighted by atomic mass is 32.1. The van der Waals surface area contributed by atoms with Gasteiger partial charge in [0.1, 0.15) is 10.6 Å². The second-order valence-corrected chi connectivity index (χ2v) is 7.37. The van der Waals surface area contributed by atoms with Gasteiger partial charge in [-0.25, -0.2) is 9.59 Å². The molecular formula is C17H21N3O3S. The molecule has 2 heterocycles. The molecule has 128 valence electrons. The van der Waals surface area contributed by atoms with Gasteiger partial charge in [0.05, 0.1) is 17.1 Å². The lowest BCUT2D eigenvalue weighted by atomic mass is 10.2. The monoisotopic (exact) mass is 347 g/mol. The maximum atomic E-state index is 12.4. The van der Waals surface area contributed by atoms with Crippen LogP contribution in [0.2, 0.25) is 0 Å². The highest BCUT2D eigenvalue weighted by Crippen LogP contribution is 2.23. The van der Waals surface area contributed by atoms with Gasteiger partial charge >= 0.3 is 11.8 Å². The van der Waals surface area contributed by atoms with Gasteiger partial charge < -0.3 is 9.72 Å². The number of thiocarbonyl (C=S) groups is 1. The van der Waals surface area contributed by atoms with Crippen molar-refractivity contribution in [1.29, 1.82) is 0 Å². The summed E-state index contributed by atoms with van der Waals surface area (Å²) in [5.74, 6) is 0. The molecule has 1 aromatic carbocycles. The fourth-order valence-corrected chi connectivity index (χ4v) is 3.41. The molecule has 1 amide bonds. The first-order valence-corrected chi connectivity index (χ1v) is 8.42. The number of ether oxygens (including phenoxy) is 1. The number of fused-ring (bicyclic) bond motifs is 1. The fraction of sp³-hybridized carbons (Fsp3) is 0.471. The van der Waals surface area contributed by atoms with Crippen molar-refractivity contribution < 1.29 is 9.53 Å². The molecule has 1 atom stereocenters. The van der Waals surface area contributed by atoms with E-state index in [0.29, 0.717) is 11.5 Å². The van der Waals surface area contributed by atoms with Crippen molar-refractivity contribution in [3.05, 3.63) is 34.7 Å². The summed E-state index contributed by atoms with van der Waals surface area (Å²) >= 11 is 5.58. The zero-order valence-corrected chi connectivity index (χ0v) is 14.9. The lowest BCUT2D eigenvalue weighted by molar-refractivity contribution is 0.0266. The Morgan fingerprint density at radius 2 is 2.04 bits per heavy atom. The van der Waals surface area contributed by atoms with Crippen LogP contribution in [0, 0.1) is 0 Å². The van der Waals surface area contributed by atoms with Gasteiger partial charge in [0.15, 0.2) is 0 Å². The average Bonchev–Trinajstić information content (AvgIpc) is 3.08. The van der Waals surface area contributed by atoms with Crippen LogP contribution in [-0.2, 0) is 4.74 Å². The predicted octanol–water partition coefficient (Wildman–Crippen LogP) is 2.90. The normalized spacial score (nSPS) is 18.1. The highest BCUT2D eigenvalue weighted by Gasteiger charge is 2.36. The number of para-hydroxylation sites is 2. The molecule has 1 aliphatic rings. The van der Waals surface area contributed by atoms with Crippen molar-refractivity contribution in [1.82, 2.24) is 14.5 Å². The number of hydrogen-bond donors (Lipinski definition) is 1. The molecule has 0 unspecified atom stereocenters. The number of carbonyl (C=O) groups is 1.